The van der Waals surface area contributed by atoms with E-state index in [0.29, 0.717) is 17.9 Å². The van der Waals surface area contributed by atoms with Crippen LogP contribution < -0.4 is 9.46 Å². The van der Waals surface area contributed by atoms with Gasteiger partial charge in [-0.15, -0.1) is 12.4 Å². The summed E-state index contributed by atoms with van der Waals surface area (Å²) < 4.78 is 33.4. The molecule has 0 atom stereocenters. The number of halogens is 1. The maximum absolute atomic E-state index is 12.6. The summed E-state index contributed by atoms with van der Waals surface area (Å²) in [4.78, 5) is 13.6. The molecule has 0 spiro atoms. The Balaban J connectivity index is 0.00000300. The molecule has 0 amide bonds. The zero-order valence-corrected chi connectivity index (χ0v) is 17.5. The molecule has 7 nitrogen and oxygen atoms in total. The van der Waals surface area contributed by atoms with Crippen molar-refractivity contribution in [3.05, 3.63) is 59.7 Å². The average Bonchev–Trinajstić information content (AvgIpc) is 3.16. The van der Waals surface area contributed by atoms with Crippen LogP contribution in [0.25, 0.3) is 0 Å². The van der Waals surface area contributed by atoms with E-state index in [2.05, 4.69) is 9.62 Å². The number of hydrogen-bond donors (Lipinski definition) is 2. The summed E-state index contributed by atoms with van der Waals surface area (Å²) in [6.45, 7) is 3.23. The molecule has 0 unspecified atom stereocenters. The van der Waals surface area contributed by atoms with E-state index in [0.717, 1.165) is 19.6 Å². The lowest BCUT2D eigenvalue weighted by molar-refractivity contribution is 0.0697. The second-order valence-corrected chi connectivity index (χ2v) is 8.48. The lowest BCUT2D eigenvalue weighted by atomic mass is 10.2. The van der Waals surface area contributed by atoms with Gasteiger partial charge in [-0.1, -0.05) is 30.3 Å². The number of ether oxygens (including phenoxy) is 1. The number of hydrogen-bond acceptors (Lipinski definition) is 5. The predicted molar refractivity (Wildman–Crippen MR) is 115 cm³/mol. The van der Waals surface area contributed by atoms with Crippen molar-refractivity contribution < 1.29 is 23.1 Å². The van der Waals surface area contributed by atoms with Crippen LogP contribution >= 0.6 is 12.4 Å². The molecule has 0 aromatic heterocycles. The van der Waals surface area contributed by atoms with Crippen LogP contribution in [0.2, 0.25) is 0 Å². The van der Waals surface area contributed by atoms with Crippen LogP contribution in [0.15, 0.2) is 48.5 Å². The van der Waals surface area contributed by atoms with E-state index in [9.17, 15) is 18.3 Å². The zero-order valence-electron chi connectivity index (χ0n) is 15.9. The third-order valence-electron chi connectivity index (χ3n) is 4.56. The SMILES string of the molecule is Cl.O=C(O)c1ccc(OCCN2CCCC2)c(NS(=O)(=O)Cc2ccccc2)c1. The molecular weight excluding hydrogens is 416 g/mol. The number of carbonyl (C=O) groups is 1. The molecule has 1 aliphatic rings. The van der Waals surface area contributed by atoms with Gasteiger partial charge < -0.3 is 9.84 Å². The van der Waals surface area contributed by atoms with Crippen molar-refractivity contribution in [3.63, 3.8) is 0 Å². The molecule has 2 aromatic rings. The van der Waals surface area contributed by atoms with Crippen molar-refractivity contribution in [1.82, 2.24) is 4.90 Å². The van der Waals surface area contributed by atoms with E-state index in [1.54, 1.807) is 24.3 Å². The Morgan fingerprint density at radius 2 is 1.79 bits per heavy atom. The fourth-order valence-corrected chi connectivity index (χ4v) is 4.35. The maximum Gasteiger partial charge on any atom is 0.335 e. The van der Waals surface area contributed by atoms with Crippen LogP contribution in [0.4, 0.5) is 5.69 Å². The molecule has 2 N–H and O–H groups in total. The number of rotatable bonds is 9. The summed E-state index contributed by atoms with van der Waals surface area (Å²) in [6.07, 6.45) is 2.36. The fraction of sp³-hybridized carbons (Fsp3) is 0.350. The Morgan fingerprint density at radius 3 is 2.45 bits per heavy atom. The molecule has 1 fully saturated rings. The Kier molecular flexibility index (Phi) is 8.31. The van der Waals surface area contributed by atoms with Crippen LogP contribution in [0.1, 0.15) is 28.8 Å². The third-order valence-corrected chi connectivity index (χ3v) is 5.80. The topological polar surface area (TPSA) is 95.9 Å². The van der Waals surface area contributed by atoms with Gasteiger partial charge in [-0.05, 0) is 49.7 Å². The molecule has 0 bridgehead atoms. The largest absolute Gasteiger partial charge is 0.490 e. The number of sulfonamides is 1. The lowest BCUT2D eigenvalue weighted by Gasteiger charge is -2.17. The van der Waals surface area contributed by atoms with Crippen LogP contribution in [-0.2, 0) is 15.8 Å². The summed E-state index contributed by atoms with van der Waals surface area (Å²) in [5, 5.41) is 9.23. The van der Waals surface area contributed by atoms with Gasteiger partial charge in [-0.2, -0.15) is 0 Å². The number of benzene rings is 2. The minimum atomic E-state index is -3.73. The highest BCUT2D eigenvalue weighted by Crippen LogP contribution is 2.28. The summed E-state index contributed by atoms with van der Waals surface area (Å²) >= 11 is 0. The van der Waals surface area contributed by atoms with Crippen molar-refractivity contribution in [3.8, 4) is 5.75 Å². The Hall–Kier alpha value is -2.29. The quantitative estimate of drug-likeness (QED) is 0.621. The van der Waals surface area contributed by atoms with Crippen molar-refractivity contribution >= 4 is 34.1 Å². The highest BCUT2D eigenvalue weighted by molar-refractivity contribution is 7.91. The summed E-state index contributed by atoms with van der Waals surface area (Å²) in [7, 11) is -3.73. The van der Waals surface area contributed by atoms with Crippen molar-refractivity contribution in [2.24, 2.45) is 0 Å². The van der Waals surface area contributed by atoms with Crippen LogP contribution in [-0.4, -0.2) is 50.6 Å². The van der Waals surface area contributed by atoms with Gasteiger partial charge in [0.1, 0.15) is 12.4 Å². The predicted octanol–water partition coefficient (Wildman–Crippen LogP) is 3.22. The molecule has 0 saturated carbocycles. The van der Waals surface area contributed by atoms with E-state index in [1.807, 2.05) is 6.07 Å². The molecule has 0 aliphatic carbocycles. The van der Waals surface area contributed by atoms with Gasteiger partial charge in [0.15, 0.2) is 0 Å². The number of nitrogens with one attached hydrogen (secondary N) is 1. The first-order valence-corrected chi connectivity index (χ1v) is 10.8. The Morgan fingerprint density at radius 1 is 1.10 bits per heavy atom. The van der Waals surface area contributed by atoms with Crippen molar-refractivity contribution in [1.29, 1.82) is 0 Å². The molecule has 1 aliphatic heterocycles. The molecule has 3 rings (SSSR count). The number of anilines is 1. The second kappa shape index (κ2) is 10.5. The lowest BCUT2D eigenvalue weighted by Crippen LogP contribution is -2.25. The number of carboxylic acid groups (broad SMARTS) is 1. The van der Waals surface area contributed by atoms with E-state index in [-0.39, 0.29) is 29.4 Å². The van der Waals surface area contributed by atoms with Gasteiger partial charge in [0, 0.05) is 6.54 Å². The molecule has 9 heteroatoms. The second-order valence-electron chi connectivity index (χ2n) is 6.76. The normalized spacial score (nSPS) is 14.2. The molecule has 29 heavy (non-hydrogen) atoms. The van der Waals surface area contributed by atoms with Crippen LogP contribution in [0.5, 0.6) is 5.75 Å². The van der Waals surface area contributed by atoms with Gasteiger partial charge in [0.2, 0.25) is 10.0 Å². The monoisotopic (exact) mass is 440 g/mol. The summed E-state index contributed by atoms with van der Waals surface area (Å²) in [6, 6.07) is 13.0. The summed E-state index contributed by atoms with van der Waals surface area (Å²) in [5.74, 6) is -1.02. The van der Waals surface area contributed by atoms with E-state index >= 15 is 0 Å². The molecule has 1 heterocycles. The molecule has 2 aromatic carbocycles. The smallest absolute Gasteiger partial charge is 0.335 e. The van der Waals surface area contributed by atoms with Gasteiger partial charge in [-0.3, -0.25) is 9.62 Å². The highest BCUT2D eigenvalue weighted by Gasteiger charge is 2.18. The first-order chi connectivity index (χ1) is 13.4. The maximum atomic E-state index is 12.6. The first-order valence-electron chi connectivity index (χ1n) is 9.20. The average molecular weight is 441 g/mol. The Labute approximate surface area is 177 Å². The van der Waals surface area contributed by atoms with Gasteiger partial charge >= 0.3 is 5.97 Å². The minimum absolute atomic E-state index is 0. The van der Waals surface area contributed by atoms with Crippen molar-refractivity contribution in [2.45, 2.75) is 18.6 Å². The van der Waals surface area contributed by atoms with Gasteiger partial charge in [0.25, 0.3) is 0 Å². The van der Waals surface area contributed by atoms with Crippen molar-refractivity contribution in [2.75, 3.05) is 31.0 Å². The highest BCUT2D eigenvalue weighted by atomic mass is 35.5. The van der Waals surface area contributed by atoms with Crippen LogP contribution in [0.3, 0.4) is 0 Å². The van der Waals surface area contributed by atoms with Crippen LogP contribution in [0, 0.1) is 0 Å². The molecule has 1 saturated heterocycles. The molecule has 0 radical (unpaired) electrons. The minimum Gasteiger partial charge on any atom is -0.490 e. The first kappa shape index (κ1) is 23.0. The Bertz CT molecular complexity index is 916. The van der Waals surface area contributed by atoms with E-state index in [4.69, 9.17) is 4.74 Å². The number of nitrogens with zero attached hydrogens (tertiary/aromatic N) is 1. The van der Waals surface area contributed by atoms with E-state index in [1.165, 1.54) is 31.0 Å². The third kappa shape index (κ3) is 6.92. The number of aromatic carboxylic acids is 1. The number of carboxylic acids is 1. The number of likely N-dealkylation sites (tertiary alicyclic amines) is 1. The standard InChI is InChI=1S/C20H24N2O5S.ClH/c23-20(24)17-8-9-19(27-13-12-22-10-4-5-11-22)18(14-17)21-28(25,26)15-16-6-2-1-3-7-16;/h1-3,6-9,14,21H,4-5,10-13,15H2,(H,23,24);1H. The molecular formula is C20H25ClN2O5S. The zero-order chi connectivity index (χ0) is 20.0. The van der Waals surface area contributed by atoms with E-state index < -0.39 is 16.0 Å². The summed E-state index contributed by atoms with van der Waals surface area (Å²) in [5.41, 5.74) is 0.766. The fourth-order valence-electron chi connectivity index (χ4n) is 3.16. The van der Waals surface area contributed by atoms with Gasteiger partial charge in [0.05, 0.1) is 17.0 Å². The van der Waals surface area contributed by atoms with Gasteiger partial charge in [-0.25, -0.2) is 13.2 Å². The molecule has 158 valence electrons.